The average molecular weight is 793 g/mol. The number of rotatable bonds is 26. The fourth-order valence-electron chi connectivity index (χ4n) is 4.83. The summed E-state index contributed by atoms with van der Waals surface area (Å²) in [6, 6.07) is -2.55. The molecule has 0 radical (unpaired) electrons. The molecule has 0 saturated carbocycles. The predicted octanol–water partition coefficient (Wildman–Crippen LogP) is -0.119. The Morgan fingerprint density at radius 2 is 0.946 bits per heavy atom. The van der Waals surface area contributed by atoms with E-state index in [0.717, 1.165) is 0 Å². The van der Waals surface area contributed by atoms with E-state index in [9.17, 15) is 59.1 Å². The zero-order valence-corrected chi connectivity index (χ0v) is 32.6. The van der Waals surface area contributed by atoms with Gasteiger partial charge in [0.1, 0.15) is 24.2 Å². The van der Waals surface area contributed by atoms with Crippen molar-refractivity contribution in [3.05, 3.63) is 0 Å². The van der Waals surface area contributed by atoms with Crippen molar-refractivity contribution in [1.82, 2.24) is 31.9 Å². The lowest BCUT2D eigenvalue weighted by molar-refractivity contribution is -0.143. The second-order valence-electron chi connectivity index (χ2n) is 14.2. The van der Waals surface area contributed by atoms with E-state index >= 15 is 0 Å². The Hall–Kier alpha value is -6.06. The van der Waals surface area contributed by atoms with Crippen LogP contribution in [0.2, 0.25) is 0 Å². The molecule has 0 rings (SSSR count). The number of nitriles is 2. The summed E-state index contributed by atoms with van der Waals surface area (Å²) in [6.07, 6.45) is -0.643. The van der Waals surface area contributed by atoms with Gasteiger partial charge in [-0.3, -0.25) is 19.2 Å². The Morgan fingerprint density at radius 1 is 0.625 bits per heavy atom. The Morgan fingerprint density at radius 3 is 1.20 bits per heavy atom. The van der Waals surface area contributed by atoms with Crippen molar-refractivity contribution in [3.8, 4) is 12.1 Å². The summed E-state index contributed by atoms with van der Waals surface area (Å²) in [5.41, 5.74) is 6.76. The van der Waals surface area contributed by atoms with Crippen LogP contribution < -0.4 is 43.4 Å². The van der Waals surface area contributed by atoms with E-state index in [0.29, 0.717) is 0 Å². The number of carboxylic acid groups (broad SMARTS) is 2. The summed E-state index contributed by atoms with van der Waals surface area (Å²) < 4.78 is 0. The van der Waals surface area contributed by atoms with E-state index in [1.807, 2.05) is 12.1 Å². The number of carbonyl (C=O) groups excluding carboxylic acids is 6. The van der Waals surface area contributed by atoms with Gasteiger partial charge in [0, 0.05) is 25.9 Å². The number of carboxylic acids is 2. The van der Waals surface area contributed by atoms with Crippen molar-refractivity contribution in [1.29, 1.82) is 10.5 Å². The quantitative estimate of drug-likeness (QED) is 0.0405. The lowest BCUT2D eigenvalue weighted by atomic mass is 9.96. The van der Waals surface area contributed by atoms with E-state index in [2.05, 4.69) is 42.1 Å². The normalized spacial score (nSPS) is 15.3. The third kappa shape index (κ3) is 19.9. The number of carbonyl (C=O) groups is 8. The zero-order valence-electron chi connectivity index (χ0n) is 32.6. The van der Waals surface area contributed by atoms with Crippen molar-refractivity contribution in [2.75, 3.05) is 13.1 Å². The first-order chi connectivity index (χ1) is 26.0. The molecular weight excluding hydrogens is 736 g/mol. The molecule has 0 aromatic heterocycles. The molecule has 0 aromatic rings. The first-order valence-corrected chi connectivity index (χ1v) is 18.0. The smallest absolute Gasteiger partial charge is 0.326 e. The van der Waals surface area contributed by atoms with Gasteiger partial charge in [0.05, 0.1) is 12.1 Å². The largest absolute Gasteiger partial charge is 0.480 e. The first-order valence-electron chi connectivity index (χ1n) is 18.0. The van der Waals surface area contributed by atoms with E-state index in [-0.39, 0.29) is 64.5 Å². The van der Waals surface area contributed by atoms with Crippen molar-refractivity contribution in [3.63, 3.8) is 0 Å². The monoisotopic (exact) mass is 792 g/mol. The molecule has 0 spiro atoms. The molecule has 0 bridgehead atoms. The number of nitrogens with one attached hydrogen (secondary N) is 6. The average Bonchev–Trinajstić information content (AvgIpc) is 3.11. The first kappa shape index (κ1) is 49.9. The lowest BCUT2D eigenvalue weighted by Gasteiger charge is -2.25. The van der Waals surface area contributed by atoms with Crippen molar-refractivity contribution < 1.29 is 48.6 Å². The van der Waals surface area contributed by atoms with E-state index in [1.165, 1.54) is 13.8 Å². The van der Waals surface area contributed by atoms with Crippen molar-refractivity contribution in [2.45, 2.75) is 128 Å². The lowest BCUT2D eigenvalue weighted by Crippen LogP contribution is -2.53. The topological polar surface area (TPSA) is 374 Å². The van der Waals surface area contributed by atoms with Crippen LogP contribution in [-0.2, 0) is 28.8 Å². The summed E-state index contributed by atoms with van der Waals surface area (Å²) >= 11 is 0. The minimum absolute atomic E-state index is 0.0242. The van der Waals surface area contributed by atoms with Gasteiger partial charge in [0.15, 0.2) is 11.1 Å². The Bertz CT molecular complexity index is 1420. The number of nitrogens with two attached hydrogens (primary N) is 2. The fraction of sp³-hybridized carbons (Fsp3) is 0.706. The molecule has 22 heteroatoms. The zero-order chi connectivity index (χ0) is 43.2. The molecular formula is C34H56N12O10. The second kappa shape index (κ2) is 24.4. The molecule has 0 aliphatic heterocycles. The molecule has 0 heterocycles. The summed E-state index contributed by atoms with van der Waals surface area (Å²) in [7, 11) is 0. The highest BCUT2D eigenvalue weighted by molar-refractivity contribution is 5.91. The van der Waals surface area contributed by atoms with Crippen molar-refractivity contribution in [2.24, 2.45) is 33.5 Å². The van der Waals surface area contributed by atoms with Gasteiger partial charge in [-0.05, 0) is 64.2 Å². The molecule has 0 aliphatic rings. The minimum Gasteiger partial charge on any atom is -0.480 e. The third-order valence-electron chi connectivity index (χ3n) is 8.35. The molecule has 0 fully saturated rings. The maximum absolute atomic E-state index is 13.0. The van der Waals surface area contributed by atoms with Gasteiger partial charge >= 0.3 is 24.0 Å². The van der Waals surface area contributed by atoms with Crippen LogP contribution in [0.3, 0.4) is 0 Å². The molecule has 6 atom stereocenters. The second-order valence-corrected chi connectivity index (χ2v) is 14.2. The molecule has 312 valence electrons. The number of hydrogen-bond donors (Lipinski definition) is 10. The number of amides is 8. The molecule has 56 heavy (non-hydrogen) atoms. The maximum atomic E-state index is 13.0. The van der Waals surface area contributed by atoms with Crippen LogP contribution in [0.25, 0.3) is 0 Å². The van der Waals surface area contributed by atoms with Gasteiger partial charge in [-0.2, -0.15) is 20.8 Å². The SMILES string of the molecule is CC(C)C(NC(=O)CCC(C)(C#N)N=NC(C)(C#N)CCC(=O)N[C@H](C(=O)N[C@@H](CCCNC(N)=O)C(=O)O)C(C)C)C(=O)N[C@@H](CCCNC(N)=O)C(=O)O. The summed E-state index contributed by atoms with van der Waals surface area (Å²) in [5, 5.41) is 61.4. The van der Waals surface area contributed by atoms with E-state index < -0.39 is 94.7 Å². The number of aliphatic carboxylic acids is 2. The van der Waals surface area contributed by atoms with Gasteiger partial charge in [0.25, 0.3) is 0 Å². The van der Waals surface area contributed by atoms with Gasteiger partial charge in [0.2, 0.25) is 23.6 Å². The Kier molecular flexibility index (Phi) is 21.7. The highest BCUT2D eigenvalue weighted by atomic mass is 16.4. The molecule has 22 nitrogen and oxygen atoms in total. The number of azo groups is 1. The molecule has 0 aliphatic carbocycles. The van der Waals surface area contributed by atoms with E-state index in [4.69, 9.17) is 11.5 Å². The molecule has 0 saturated heterocycles. The summed E-state index contributed by atoms with van der Waals surface area (Å²) in [4.78, 5) is 96.8. The molecule has 0 aromatic carbocycles. The highest BCUT2D eigenvalue weighted by Crippen LogP contribution is 2.24. The van der Waals surface area contributed by atoms with Crippen LogP contribution in [0, 0.1) is 34.5 Å². The van der Waals surface area contributed by atoms with E-state index in [1.54, 1.807) is 27.7 Å². The van der Waals surface area contributed by atoms with Crippen LogP contribution >= 0.6 is 0 Å². The van der Waals surface area contributed by atoms with Crippen LogP contribution in [0.4, 0.5) is 9.59 Å². The predicted molar refractivity (Wildman–Crippen MR) is 198 cm³/mol. The maximum Gasteiger partial charge on any atom is 0.326 e. The summed E-state index contributed by atoms with van der Waals surface area (Å²) in [5.74, 6) is -6.35. The standard InChI is InChI=1S/C34H56N12O10/c1-19(2)25(27(49)41-21(29(51)52)9-7-15-39-31(37)55)43-23(47)11-13-33(5,17-35)45-46-34(6,18-36)14-12-24(48)44-26(20(3)4)28(50)42-22(30(53)54)10-8-16-40-32(38)56/h19-22,25-26H,7-16H2,1-6H3,(H,41,49)(H,42,50)(H,43,47)(H,44,48)(H,51,52)(H,53,54)(H3,37,39,55)(H3,38,40,56)/t21-,22-,25-,26?,33?,34?/m0/s1. The van der Waals surface area contributed by atoms with Gasteiger partial charge in [-0.25, -0.2) is 19.2 Å². The summed E-state index contributed by atoms with van der Waals surface area (Å²) in [6.45, 7) is 9.47. The Labute approximate surface area is 325 Å². The van der Waals surface area contributed by atoms with Crippen LogP contribution in [0.5, 0.6) is 0 Å². The number of nitrogens with zero attached hydrogens (tertiary/aromatic N) is 4. The van der Waals surface area contributed by atoms with Crippen LogP contribution in [0.1, 0.15) is 92.9 Å². The minimum atomic E-state index is -1.61. The highest BCUT2D eigenvalue weighted by Gasteiger charge is 2.33. The third-order valence-corrected chi connectivity index (χ3v) is 8.35. The van der Waals surface area contributed by atoms with Gasteiger partial charge in [-0.1, -0.05) is 27.7 Å². The van der Waals surface area contributed by atoms with Crippen molar-refractivity contribution >= 4 is 47.6 Å². The van der Waals surface area contributed by atoms with Crippen LogP contribution in [0.15, 0.2) is 10.2 Å². The molecule has 3 unspecified atom stereocenters. The van der Waals surface area contributed by atoms with Crippen LogP contribution in [-0.4, -0.2) is 106 Å². The fourth-order valence-corrected chi connectivity index (χ4v) is 4.83. The number of hydrogen-bond acceptors (Lipinski definition) is 12. The van der Waals surface area contributed by atoms with Gasteiger partial charge in [-0.15, -0.1) is 0 Å². The molecule has 8 amide bonds. The van der Waals surface area contributed by atoms with Gasteiger partial charge < -0.3 is 53.6 Å². The number of primary amides is 2. The molecule has 12 N–H and O–H groups in total. The number of urea groups is 2. The Balaban J connectivity index is 5.45.